The number of rotatable bonds is 7. The molecule has 0 saturated heterocycles. The van der Waals surface area contributed by atoms with E-state index in [0.29, 0.717) is 0 Å². The summed E-state index contributed by atoms with van der Waals surface area (Å²) in [5.41, 5.74) is 3.87. The third kappa shape index (κ3) is 4.71. The maximum absolute atomic E-state index is 5.65. The molecule has 2 aromatic carbocycles. The normalized spacial score (nSPS) is 10.5. The van der Waals surface area contributed by atoms with Gasteiger partial charge in [-0.15, -0.1) is 0 Å². The second-order valence-electron chi connectivity index (χ2n) is 5.09. The zero-order chi connectivity index (χ0) is 14.2. The SMILES string of the molecule is CCCOc1cccc(CNCc2ccc(C)cc2)c1. The van der Waals surface area contributed by atoms with Gasteiger partial charge in [0.15, 0.2) is 0 Å². The summed E-state index contributed by atoms with van der Waals surface area (Å²) in [7, 11) is 0. The van der Waals surface area contributed by atoms with Gasteiger partial charge in [0.05, 0.1) is 6.61 Å². The minimum Gasteiger partial charge on any atom is -0.494 e. The Balaban J connectivity index is 1.82. The fourth-order valence-corrected chi connectivity index (χ4v) is 2.02. The van der Waals surface area contributed by atoms with E-state index in [1.54, 1.807) is 0 Å². The molecule has 0 aliphatic rings. The van der Waals surface area contributed by atoms with Gasteiger partial charge in [0.25, 0.3) is 0 Å². The number of hydrogen-bond acceptors (Lipinski definition) is 2. The maximum atomic E-state index is 5.65. The molecule has 106 valence electrons. The van der Waals surface area contributed by atoms with E-state index in [4.69, 9.17) is 4.74 Å². The molecule has 0 fully saturated rings. The molecule has 2 heteroatoms. The molecule has 0 bridgehead atoms. The highest BCUT2D eigenvalue weighted by molar-refractivity contribution is 5.28. The van der Waals surface area contributed by atoms with Crippen LogP contribution in [0.1, 0.15) is 30.0 Å². The van der Waals surface area contributed by atoms with E-state index >= 15 is 0 Å². The molecule has 0 aliphatic heterocycles. The second-order valence-corrected chi connectivity index (χ2v) is 5.09. The smallest absolute Gasteiger partial charge is 0.119 e. The van der Waals surface area contributed by atoms with Crippen LogP contribution in [-0.2, 0) is 13.1 Å². The molecule has 0 aliphatic carbocycles. The number of benzene rings is 2. The van der Waals surface area contributed by atoms with Crippen molar-refractivity contribution in [3.05, 3.63) is 65.2 Å². The lowest BCUT2D eigenvalue weighted by Crippen LogP contribution is -2.12. The van der Waals surface area contributed by atoms with Crippen LogP contribution in [0.3, 0.4) is 0 Å². The molecule has 2 nitrogen and oxygen atoms in total. The highest BCUT2D eigenvalue weighted by atomic mass is 16.5. The van der Waals surface area contributed by atoms with Crippen LogP contribution in [0.15, 0.2) is 48.5 Å². The lowest BCUT2D eigenvalue weighted by molar-refractivity contribution is 0.317. The van der Waals surface area contributed by atoms with Gasteiger partial charge >= 0.3 is 0 Å². The van der Waals surface area contributed by atoms with E-state index in [2.05, 4.69) is 55.6 Å². The Morgan fingerprint density at radius 3 is 2.45 bits per heavy atom. The minimum atomic E-state index is 0.778. The van der Waals surface area contributed by atoms with E-state index < -0.39 is 0 Å². The molecular formula is C18H23NO. The van der Waals surface area contributed by atoms with E-state index in [9.17, 15) is 0 Å². The largest absolute Gasteiger partial charge is 0.494 e. The Morgan fingerprint density at radius 1 is 0.950 bits per heavy atom. The average Bonchev–Trinajstić information content (AvgIpc) is 2.48. The Morgan fingerprint density at radius 2 is 1.70 bits per heavy atom. The van der Waals surface area contributed by atoms with E-state index in [1.807, 2.05) is 12.1 Å². The molecule has 2 rings (SSSR count). The molecule has 1 N–H and O–H groups in total. The average molecular weight is 269 g/mol. The Kier molecular flexibility index (Phi) is 5.63. The van der Waals surface area contributed by atoms with Gasteiger partial charge in [0, 0.05) is 13.1 Å². The molecule has 0 atom stereocenters. The van der Waals surface area contributed by atoms with Crippen molar-refractivity contribution in [3.63, 3.8) is 0 Å². The molecular weight excluding hydrogens is 246 g/mol. The summed E-state index contributed by atoms with van der Waals surface area (Å²) in [4.78, 5) is 0. The fourth-order valence-electron chi connectivity index (χ4n) is 2.02. The summed E-state index contributed by atoms with van der Waals surface area (Å²) >= 11 is 0. The van der Waals surface area contributed by atoms with Crippen LogP contribution in [0.25, 0.3) is 0 Å². The van der Waals surface area contributed by atoms with Crippen LogP contribution in [0.4, 0.5) is 0 Å². The number of nitrogens with one attached hydrogen (secondary N) is 1. The maximum Gasteiger partial charge on any atom is 0.119 e. The minimum absolute atomic E-state index is 0.778. The fraction of sp³-hybridized carbons (Fsp3) is 0.333. The van der Waals surface area contributed by atoms with Gasteiger partial charge in [-0.05, 0) is 36.6 Å². The van der Waals surface area contributed by atoms with Crippen molar-refractivity contribution in [2.75, 3.05) is 6.61 Å². The first-order chi connectivity index (χ1) is 9.78. The summed E-state index contributed by atoms with van der Waals surface area (Å²) in [6.45, 7) is 6.75. The standard InChI is InChI=1S/C18H23NO/c1-3-11-20-18-6-4-5-17(12-18)14-19-13-16-9-7-15(2)8-10-16/h4-10,12,19H,3,11,13-14H2,1-2H3. The van der Waals surface area contributed by atoms with E-state index in [-0.39, 0.29) is 0 Å². The van der Waals surface area contributed by atoms with Crippen LogP contribution in [0, 0.1) is 6.92 Å². The Hall–Kier alpha value is -1.80. The van der Waals surface area contributed by atoms with E-state index in [0.717, 1.165) is 31.9 Å². The lowest BCUT2D eigenvalue weighted by Gasteiger charge is -2.08. The van der Waals surface area contributed by atoms with Gasteiger partial charge in [-0.3, -0.25) is 0 Å². The van der Waals surface area contributed by atoms with Crippen molar-refractivity contribution in [2.24, 2.45) is 0 Å². The second kappa shape index (κ2) is 7.71. The number of hydrogen-bond donors (Lipinski definition) is 1. The molecule has 0 aromatic heterocycles. The van der Waals surface area contributed by atoms with Crippen LogP contribution in [0.2, 0.25) is 0 Å². The topological polar surface area (TPSA) is 21.3 Å². The summed E-state index contributed by atoms with van der Waals surface area (Å²) < 4.78 is 5.65. The molecule has 0 saturated carbocycles. The van der Waals surface area contributed by atoms with Crippen LogP contribution in [-0.4, -0.2) is 6.61 Å². The van der Waals surface area contributed by atoms with E-state index in [1.165, 1.54) is 16.7 Å². The van der Waals surface area contributed by atoms with Crippen molar-refractivity contribution >= 4 is 0 Å². The van der Waals surface area contributed by atoms with Crippen LogP contribution in [0.5, 0.6) is 5.75 Å². The highest BCUT2D eigenvalue weighted by Gasteiger charge is 1.97. The zero-order valence-corrected chi connectivity index (χ0v) is 12.4. The van der Waals surface area contributed by atoms with Gasteiger partial charge in [-0.25, -0.2) is 0 Å². The monoisotopic (exact) mass is 269 g/mol. The predicted octanol–water partition coefficient (Wildman–Crippen LogP) is 4.07. The highest BCUT2D eigenvalue weighted by Crippen LogP contribution is 2.13. The first kappa shape index (κ1) is 14.6. The van der Waals surface area contributed by atoms with Crippen molar-refractivity contribution in [1.82, 2.24) is 5.32 Å². The lowest BCUT2D eigenvalue weighted by atomic mass is 10.1. The third-order valence-corrected chi connectivity index (χ3v) is 3.15. The predicted molar refractivity (Wildman–Crippen MR) is 84.0 cm³/mol. The van der Waals surface area contributed by atoms with Gasteiger partial charge in [-0.2, -0.15) is 0 Å². The summed E-state index contributed by atoms with van der Waals surface area (Å²) in [6.07, 6.45) is 1.04. The summed E-state index contributed by atoms with van der Waals surface area (Å²) in [5, 5.41) is 3.47. The molecule has 2 aromatic rings. The molecule has 0 amide bonds. The first-order valence-corrected chi connectivity index (χ1v) is 7.26. The molecule has 0 unspecified atom stereocenters. The molecule has 20 heavy (non-hydrogen) atoms. The van der Waals surface area contributed by atoms with Crippen molar-refractivity contribution in [3.8, 4) is 5.75 Å². The first-order valence-electron chi connectivity index (χ1n) is 7.26. The van der Waals surface area contributed by atoms with Crippen molar-refractivity contribution < 1.29 is 4.74 Å². The number of aryl methyl sites for hydroxylation is 1. The van der Waals surface area contributed by atoms with Gasteiger partial charge in [-0.1, -0.05) is 48.9 Å². The Labute approximate surface area is 121 Å². The third-order valence-electron chi connectivity index (χ3n) is 3.15. The zero-order valence-electron chi connectivity index (χ0n) is 12.4. The number of ether oxygens (including phenoxy) is 1. The van der Waals surface area contributed by atoms with Gasteiger partial charge < -0.3 is 10.1 Å². The van der Waals surface area contributed by atoms with Gasteiger partial charge in [0.1, 0.15) is 5.75 Å². The van der Waals surface area contributed by atoms with Crippen LogP contribution < -0.4 is 10.1 Å². The summed E-state index contributed by atoms with van der Waals surface area (Å²) in [6, 6.07) is 16.9. The molecule has 0 radical (unpaired) electrons. The van der Waals surface area contributed by atoms with Crippen molar-refractivity contribution in [1.29, 1.82) is 0 Å². The van der Waals surface area contributed by atoms with Gasteiger partial charge in [0.2, 0.25) is 0 Å². The summed E-state index contributed by atoms with van der Waals surface area (Å²) in [5.74, 6) is 0.960. The van der Waals surface area contributed by atoms with Crippen molar-refractivity contribution in [2.45, 2.75) is 33.4 Å². The van der Waals surface area contributed by atoms with Crippen LogP contribution >= 0.6 is 0 Å². The molecule has 0 heterocycles. The Bertz CT molecular complexity index is 519. The quantitative estimate of drug-likeness (QED) is 0.818. The molecule has 0 spiro atoms.